The van der Waals surface area contributed by atoms with Gasteiger partial charge in [-0.1, -0.05) is 89.6 Å². The van der Waals surface area contributed by atoms with E-state index in [2.05, 4.69) is 48.9 Å². The van der Waals surface area contributed by atoms with Crippen molar-refractivity contribution < 1.29 is 9.53 Å². The van der Waals surface area contributed by atoms with Crippen LogP contribution in [0.25, 0.3) is 0 Å². The molecule has 0 heterocycles. The van der Waals surface area contributed by atoms with Crippen LogP contribution in [0.15, 0.2) is 60.7 Å². The van der Waals surface area contributed by atoms with Gasteiger partial charge in [0.05, 0.1) is 7.11 Å². The normalized spacial score (nSPS) is 7.68. The summed E-state index contributed by atoms with van der Waals surface area (Å²) in [6.07, 6.45) is 2.45. The van der Waals surface area contributed by atoms with E-state index in [9.17, 15) is 4.79 Å². The Balaban J connectivity index is -0.000000278. The second-order valence-corrected chi connectivity index (χ2v) is 4.76. The predicted octanol–water partition coefficient (Wildman–Crippen LogP) is 7.16. The van der Waals surface area contributed by atoms with Crippen LogP contribution in [-0.2, 0) is 11.2 Å². The molecule has 0 bridgehead atoms. The summed E-state index contributed by atoms with van der Waals surface area (Å²) in [5, 5.41) is -0.361. The molecule has 0 saturated carbocycles. The zero-order chi connectivity index (χ0) is 19.9. The highest BCUT2D eigenvalue weighted by atomic mass is 35.5. The van der Waals surface area contributed by atoms with Crippen LogP contribution in [0.3, 0.4) is 0 Å². The molecule has 0 N–H and O–H groups in total. The fourth-order valence-corrected chi connectivity index (χ4v) is 1.49. The Morgan fingerprint density at radius 2 is 1.24 bits per heavy atom. The number of rotatable bonds is 3. The lowest BCUT2D eigenvalue weighted by molar-refractivity contribution is -0.109. The molecule has 0 spiro atoms. The fraction of sp³-hybridized carbons (Fsp3) is 0.409. The molecular weight excluding hydrogens is 332 g/mol. The first-order valence-electron chi connectivity index (χ1n) is 8.89. The lowest BCUT2D eigenvalue weighted by atomic mass is 10.1. The molecular formula is C22H35ClO2. The number of halogens is 1. The van der Waals surface area contributed by atoms with E-state index in [-0.39, 0.29) is 5.24 Å². The largest absolute Gasteiger partial charge is 0.497 e. The Bertz CT molecular complexity index is 466. The van der Waals surface area contributed by atoms with Crippen LogP contribution in [0.5, 0.6) is 5.75 Å². The quantitative estimate of drug-likeness (QED) is 0.538. The summed E-state index contributed by atoms with van der Waals surface area (Å²) in [5.41, 5.74) is 1.44. The van der Waals surface area contributed by atoms with Crippen molar-refractivity contribution in [3.05, 3.63) is 66.2 Å². The Morgan fingerprint density at radius 3 is 1.52 bits per heavy atom. The Labute approximate surface area is 160 Å². The van der Waals surface area contributed by atoms with E-state index < -0.39 is 0 Å². The summed E-state index contributed by atoms with van der Waals surface area (Å²) in [6.45, 7) is 11.5. The molecule has 0 radical (unpaired) electrons. The second kappa shape index (κ2) is 24.5. The van der Waals surface area contributed by atoms with Gasteiger partial charge in [-0.2, -0.15) is 0 Å². The summed E-state index contributed by atoms with van der Waals surface area (Å²) in [6, 6.07) is 20.3. The van der Waals surface area contributed by atoms with E-state index in [0.29, 0.717) is 0 Å². The van der Waals surface area contributed by atoms with Crippen LogP contribution in [0, 0.1) is 0 Å². The van der Waals surface area contributed by atoms with Crippen molar-refractivity contribution in [2.75, 3.05) is 7.11 Å². The van der Waals surface area contributed by atoms with Crippen molar-refractivity contribution in [2.24, 2.45) is 0 Å². The van der Waals surface area contributed by atoms with E-state index in [1.165, 1.54) is 25.3 Å². The zero-order valence-corrected chi connectivity index (χ0v) is 17.6. The maximum Gasteiger partial charge on any atom is 0.218 e. The average Bonchev–Trinajstić information content (AvgIpc) is 2.67. The molecule has 0 unspecified atom stereocenters. The highest BCUT2D eigenvalue weighted by Crippen LogP contribution is 2.05. The Morgan fingerprint density at radius 1 is 0.880 bits per heavy atom. The summed E-state index contributed by atoms with van der Waals surface area (Å²) >= 11 is 4.64. The fourth-order valence-electron chi connectivity index (χ4n) is 1.49. The SMILES string of the molecule is CC.CC.CC(=O)Cl.CCCc1ccccc1.COc1ccccc1. The molecule has 2 nitrogen and oxygen atoms in total. The van der Waals surface area contributed by atoms with E-state index in [4.69, 9.17) is 4.74 Å². The van der Waals surface area contributed by atoms with Crippen LogP contribution < -0.4 is 4.74 Å². The van der Waals surface area contributed by atoms with Gasteiger partial charge in [0.25, 0.3) is 0 Å². The molecule has 2 aromatic rings. The smallest absolute Gasteiger partial charge is 0.218 e. The molecule has 25 heavy (non-hydrogen) atoms. The number of ether oxygens (including phenoxy) is 1. The minimum absolute atomic E-state index is 0.361. The van der Waals surface area contributed by atoms with Crippen LogP contribution in [-0.4, -0.2) is 12.4 Å². The van der Waals surface area contributed by atoms with Crippen LogP contribution in [0.2, 0.25) is 0 Å². The highest BCUT2D eigenvalue weighted by Gasteiger charge is 1.84. The van der Waals surface area contributed by atoms with E-state index >= 15 is 0 Å². The maximum absolute atomic E-state index is 9.21. The predicted molar refractivity (Wildman–Crippen MR) is 113 cm³/mol. The second-order valence-electron chi connectivity index (χ2n) is 4.22. The van der Waals surface area contributed by atoms with E-state index in [1.807, 2.05) is 58.0 Å². The molecule has 0 aliphatic heterocycles. The molecule has 0 saturated heterocycles. The number of methoxy groups -OCH3 is 1. The third-order valence-corrected chi connectivity index (χ3v) is 2.36. The number of aryl methyl sites for hydroxylation is 1. The Kier molecular flexibility index (Phi) is 27.4. The number of carbonyl (C=O) groups is 1. The molecule has 0 atom stereocenters. The molecule has 0 fully saturated rings. The van der Waals surface area contributed by atoms with Crippen LogP contribution in [0.4, 0.5) is 0 Å². The first-order chi connectivity index (χ1) is 12.1. The van der Waals surface area contributed by atoms with Gasteiger partial charge in [0.2, 0.25) is 5.24 Å². The van der Waals surface area contributed by atoms with Gasteiger partial charge in [-0.05, 0) is 35.7 Å². The lowest BCUT2D eigenvalue weighted by Gasteiger charge is -1.93. The first-order valence-corrected chi connectivity index (χ1v) is 9.27. The highest BCUT2D eigenvalue weighted by molar-refractivity contribution is 6.62. The van der Waals surface area contributed by atoms with Gasteiger partial charge >= 0.3 is 0 Å². The monoisotopic (exact) mass is 366 g/mol. The summed E-state index contributed by atoms with van der Waals surface area (Å²) in [7, 11) is 1.66. The van der Waals surface area contributed by atoms with Crippen molar-refractivity contribution >= 4 is 16.8 Å². The van der Waals surface area contributed by atoms with Crippen molar-refractivity contribution in [3.63, 3.8) is 0 Å². The van der Waals surface area contributed by atoms with Crippen molar-refractivity contribution in [1.29, 1.82) is 0 Å². The minimum Gasteiger partial charge on any atom is -0.497 e. The molecule has 0 aliphatic rings. The molecule has 142 valence electrons. The molecule has 0 aromatic heterocycles. The molecule has 0 amide bonds. The minimum atomic E-state index is -0.361. The van der Waals surface area contributed by atoms with Gasteiger partial charge in [0, 0.05) is 6.92 Å². The summed E-state index contributed by atoms with van der Waals surface area (Å²) < 4.78 is 4.91. The molecule has 3 heteroatoms. The van der Waals surface area contributed by atoms with Gasteiger partial charge in [-0.3, -0.25) is 4.79 Å². The number of benzene rings is 2. The van der Waals surface area contributed by atoms with Gasteiger partial charge in [0.1, 0.15) is 5.75 Å². The third kappa shape index (κ3) is 24.6. The number of hydrogen-bond acceptors (Lipinski definition) is 2. The van der Waals surface area contributed by atoms with Gasteiger partial charge in [-0.15, -0.1) is 0 Å². The standard InChI is InChI=1S/C9H12.C7H8O.C2H3ClO.2C2H6/c1-2-6-9-7-4-3-5-8-9;1-8-7-5-3-2-4-6-7;1-2(3)4;2*1-2/h3-5,7-8H,2,6H2,1H3;2-6H,1H3;1H3;2*1-2H3. The number of carbonyl (C=O) groups excluding carboxylic acids is 1. The maximum atomic E-state index is 9.21. The Hall–Kier alpha value is -1.80. The van der Waals surface area contributed by atoms with Gasteiger partial charge in [0.15, 0.2) is 0 Å². The van der Waals surface area contributed by atoms with Crippen LogP contribution >= 0.6 is 11.6 Å². The first kappa shape index (κ1) is 28.0. The van der Waals surface area contributed by atoms with Crippen molar-refractivity contribution in [3.8, 4) is 5.75 Å². The number of hydrogen-bond donors (Lipinski definition) is 0. The topological polar surface area (TPSA) is 26.3 Å². The van der Waals surface area contributed by atoms with Gasteiger partial charge < -0.3 is 4.74 Å². The van der Waals surface area contributed by atoms with E-state index in [0.717, 1.165) is 5.75 Å². The van der Waals surface area contributed by atoms with Crippen molar-refractivity contribution in [2.45, 2.75) is 54.4 Å². The lowest BCUT2D eigenvalue weighted by Crippen LogP contribution is -1.78. The summed E-state index contributed by atoms with van der Waals surface area (Å²) in [4.78, 5) is 9.21. The van der Waals surface area contributed by atoms with Crippen molar-refractivity contribution in [1.82, 2.24) is 0 Å². The molecule has 2 rings (SSSR count). The van der Waals surface area contributed by atoms with Crippen LogP contribution in [0.1, 0.15) is 53.5 Å². The number of para-hydroxylation sites is 1. The van der Waals surface area contributed by atoms with Gasteiger partial charge in [-0.25, -0.2) is 0 Å². The summed E-state index contributed by atoms with van der Waals surface area (Å²) in [5.74, 6) is 0.910. The molecule has 0 aliphatic carbocycles. The third-order valence-electron chi connectivity index (χ3n) is 2.36. The average molecular weight is 367 g/mol. The molecule has 2 aromatic carbocycles. The zero-order valence-electron chi connectivity index (χ0n) is 16.9. The van der Waals surface area contributed by atoms with E-state index in [1.54, 1.807) is 7.11 Å².